The number of hydrogen-bond acceptors (Lipinski definition) is 3. The summed E-state index contributed by atoms with van der Waals surface area (Å²) in [5.74, 6) is 0.689. The van der Waals surface area contributed by atoms with Crippen molar-refractivity contribution in [3.63, 3.8) is 0 Å². The predicted octanol–water partition coefficient (Wildman–Crippen LogP) is 2.63. The van der Waals surface area contributed by atoms with E-state index in [4.69, 9.17) is 5.73 Å². The highest BCUT2D eigenvalue weighted by atomic mass is 16.1. The molecule has 1 atom stereocenters. The first-order valence-electron chi connectivity index (χ1n) is 8.54. The zero-order valence-corrected chi connectivity index (χ0v) is 14.9. The first-order valence-corrected chi connectivity index (χ1v) is 8.54. The van der Waals surface area contributed by atoms with Crippen molar-refractivity contribution in [2.75, 3.05) is 32.7 Å². The van der Waals surface area contributed by atoms with Crippen molar-refractivity contribution in [2.24, 2.45) is 17.1 Å². The Hall–Kier alpha value is -0.610. The van der Waals surface area contributed by atoms with E-state index in [1.165, 1.54) is 0 Å². The van der Waals surface area contributed by atoms with E-state index in [9.17, 15) is 4.79 Å². The molecule has 0 spiro atoms. The van der Waals surface area contributed by atoms with Crippen LogP contribution in [0.4, 0.5) is 0 Å². The molecule has 4 heteroatoms. The second-order valence-corrected chi connectivity index (χ2v) is 6.96. The molecule has 0 radical (unpaired) electrons. The standard InChI is InChI=1S/C17H37N3O/c1-6-13-20(7-2)14-12-19-16(21)9-8-15(10-11-18)17(3,4)5/h15H,6-14,18H2,1-5H3,(H,19,21). The molecule has 0 rings (SSSR count). The van der Waals surface area contributed by atoms with E-state index >= 15 is 0 Å². The summed E-state index contributed by atoms with van der Waals surface area (Å²) in [5, 5.41) is 3.04. The summed E-state index contributed by atoms with van der Waals surface area (Å²) >= 11 is 0. The fourth-order valence-electron chi connectivity index (χ4n) is 2.70. The van der Waals surface area contributed by atoms with Gasteiger partial charge in [0.25, 0.3) is 0 Å². The van der Waals surface area contributed by atoms with E-state index in [1.807, 2.05) is 0 Å². The lowest BCUT2D eigenvalue weighted by atomic mass is 9.76. The van der Waals surface area contributed by atoms with Gasteiger partial charge in [-0.1, -0.05) is 34.6 Å². The molecular formula is C17H37N3O. The van der Waals surface area contributed by atoms with Crippen LogP contribution in [0.3, 0.4) is 0 Å². The van der Waals surface area contributed by atoms with Gasteiger partial charge in [0.05, 0.1) is 0 Å². The third kappa shape index (κ3) is 9.86. The minimum absolute atomic E-state index is 0.175. The third-order valence-corrected chi connectivity index (χ3v) is 4.20. The van der Waals surface area contributed by atoms with E-state index in [-0.39, 0.29) is 11.3 Å². The Bertz CT molecular complexity index is 274. The van der Waals surface area contributed by atoms with E-state index in [0.717, 1.165) is 45.4 Å². The van der Waals surface area contributed by atoms with Crippen LogP contribution in [0.1, 0.15) is 60.3 Å². The molecule has 0 bridgehead atoms. The van der Waals surface area contributed by atoms with Gasteiger partial charge in [-0.3, -0.25) is 4.79 Å². The zero-order chi connectivity index (χ0) is 16.3. The summed E-state index contributed by atoms with van der Waals surface area (Å²) in [4.78, 5) is 14.3. The number of likely N-dealkylation sites (N-methyl/N-ethyl adjacent to an activating group) is 1. The summed E-state index contributed by atoms with van der Waals surface area (Å²) in [6.45, 7) is 15.6. The molecule has 0 aromatic heterocycles. The number of nitrogens with one attached hydrogen (secondary N) is 1. The van der Waals surface area contributed by atoms with Gasteiger partial charge in [-0.05, 0) is 50.2 Å². The van der Waals surface area contributed by atoms with Crippen LogP contribution in [-0.2, 0) is 4.79 Å². The Kier molecular flexibility index (Phi) is 10.7. The maximum absolute atomic E-state index is 11.9. The van der Waals surface area contributed by atoms with Crippen LogP contribution in [0, 0.1) is 11.3 Å². The number of nitrogens with zero attached hydrogens (tertiary/aromatic N) is 1. The van der Waals surface area contributed by atoms with Crippen LogP contribution in [0.25, 0.3) is 0 Å². The second kappa shape index (κ2) is 11.0. The molecule has 0 heterocycles. The molecule has 0 fully saturated rings. The lowest BCUT2D eigenvalue weighted by Gasteiger charge is -2.30. The Labute approximate surface area is 131 Å². The molecule has 126 valence electrons. The lowest BCUT2D eigenvalue weighted by Crippen LogP contribution is -2.35. The van der Waals surface area contributed by atoms with Gasteiger partial charge in [0.1, 0.15) is 0 Å². The topological polar surface area (TPSA) is 58.4 Å². The second-order valence-electron chi connectivity index (χ2n) is 6.96. The van der Waals surface area contributed by atoms with Crippen molar-refractivity contribution >= 4 is 5.91 Å². The zero-order valence-electron chi connectivity index (χ0n) is 14.9. The Morgan fingerprint density at radius 2 is 1.86 bits per heavy atom. The molecule has 0 aromatic carbocycles. The number of nitrogens with two attached hydrogens (primary N) is 1. The predicted molar refractivity (Wildman–Crippen MR) is 91.3 cm³/mol. The third-order valence-electron chi connectivity index (χ3n) is 4.20. The Morgan fingerprint density at radius 1 is 1.19 bits per heavy atom. The summed E-state index contributed by atoms with van der Waals surface area (Å²) in [5.41, 5.74) is 5.91. The average molecular weight is 300 g/mol. The average Bonchev–Trinajstić information content (AvgIpc) is 2.41. The number of carbonyl (C=O) groups excluding carboxylic acids is 1. The first kappa shape index (κ1) is 20.4. The number of hydrogen-bond donors (Lipinski definition) is 2. The van der Waals surface area contributed by atoms with Crippen LogP contribution in [0.5, 0.6) is 0 Å². The minimum Gasteiger partial charge on any atom is -0.355 e. The monoisotopic (exact) mass is 299 g/mol. The minimum atomic E-state index is 0.175. The maximum Gasteiger partial charge on any atom is 0.220 e. The van der Waals surface area contributed by atoms with Gasteiger partial charge in [0.2, 0.25) is 5.91 Å². The summed E-state index contributed by atoms with van der Waals surface area (Å²) < 4.78 is 0. The molecule has 1 unspecified atom stereocenters. The van der Waals surface area contributed by atoms with Gasteiger partial charge >= 0.3 is 0 Å². The fourth-order valence-corrected chi connectivity index (χ4v) is 2.70. The van der Waals surface area contributed by atoms with Crippen molar-refractivity contribution < 1.29 is 4.79 Å². The summed E-state index contributed by atoms with van der Waals surface area (Å²) in [6, 6.07) is 0. The van der Waals surface area contributed by atoms with Gasteiger partial charge in [-0.2, -0.15) is 0 Å². The van der Waals surface area contributed by atoms with Gasteiger partial charge in [0, 0.05) is 19.5 Å². The highest BCUT2D eigenvalue weighted by Gasteiger charge is 2.24. The maximum atomic E-state index is 11.9. The van der Waals surface area contributed by atoms with E-state index in [1.54, 1.807) is 0 Å². The lowest BCUT2D eigenvalue weighted by molar-refractivity contribution is -0.121. The number of rotatable bonds is 11. The van der Waals surface area contributed by atoms with Crippen molar-refractivity contribution in [1.29, 1.82) is 0 Å². The molecule has 0 aromatic rings. The van der Waals surface area contributed by atoms with Crippen molar-refractivity contribution in [2.45, 2.75) is 60.3 Å². The normalized spacial score (nSPS) is 13.5. The van der Waals surface area contributed by atoms with Crippen LogP contribution in [0.15, 0.2) is 0 Å². The van der Waals surface area contributed by atoms with Crippen molar-refractivity contribution in [3.8, 4) is 0 Å². The van der Waals surface area contributed by atoms with Gasteiger partial charge in [-0.15, -0.1) is 0 Å². The van der Waals surface area contributed by atoms with Gasteiger partial charge < -0.3 is 16.0 Å². The highest BCUT2D eigenvalue weighted by Crippen LogP contribution is 2.31. The van der Waals surface area contributed by atoms with Crippen molar-refractivity contribution in [3.05, 3.63) is 0 Å². The Morgan fingerprint density at radius 3 is 2.33 bits per heavy atom. The van der Waals surface area contributed by atoms with Gasteiger partial charge in [-0.25, -0.2) is 0 Å². The van der Waals surface area contributed by atoms with E-state index < -0.39 is 0 Å². The number of amides is 1. The Balaban J connectivity index is 3.97. The van der Waals surface area contributed by atoms with Gasteiger partial charge in [0.15, 0.2) is 0 Å². The number of carbonyl (C=O) groups is 1. The molecule has 3 N–H and O–H groups in total. The van der Waals surface area contributed by atoms with Crippen LogP contribution in [-0.4, -0.2) is 43.5 Å². The van der Waals surface area contributed by atoms with Crippen LogP contribution in [0.2, 0.25) is 0 Å². The van der Waals surface area contributed by atoms with Crippen LogP contribution >= 0.6 is 0 Å². The molecule has 21 heavy (non-hydrogen) atoms. The molecule has 4 nitrogen and oxygen atoms in total. The molecular weight excluding hydrogens is 262 g/mol. The van der Waals surface area contributed by atoms with Crippen molar-refractivity contribution in [1.82, 2.24) is 10.2 Å². The molecule has 0 saturated carbocycles. The highest BCUT2D eigenvalue weighted by molar-refractivity contribution is 5.75. The first-order chi connectivity index (χ1) is 9.85. The fraction of sp³-hybridized carbons (Fsp3) is 0.941. The smallest absolute Gasteiger partial charge is 0.220 e. The van der Waals surface area contributed by atoms with E-state index in [2.05, 4.69) is 44.8 Å². The van der Waals surface area contributed by atoms with Crippen LogP contribution < -0.4 is 11.1 Å². The van der Waals surface area contributed by atoms with E-state index in [0.29, 0.717) is 18.9 Å². The molecule has 0 aliphatic rings. The SMILES string of the molecule is CCCN(CC)CCNC(=O)CCC(CCN)C(C)(C)C. The largest absolute Gasteiger partial charge is 0.355 e. The summed E-state index contributed by atoms with van der Waals surface area (Å²) in [6.07, 6.45) is 3.70. The quantitative estimate of drug-likeness (QED) is 0.616. The summed E-state index contributed by atoms with van der Waals surface area (Å²) in [7, 11) is 0. The molecule has 1 amide bonds. The molecule has 0 aliphatic heterocycles. The molecule has 0 saturated heterocycles. The molecule has 0 aliphatic carbocycles.